The van der Waals surface area contributed by atoms with Crippen molar-refractivity contribution in [1.82, 2.24) is 14.5 Å². The number of rotatable bonds is 1. The van der Waals surface area contributed by atoms with E-state index in [4.69, 9.17) is 0 Å². The highest BCUT2D eigenvalue weighted by atomic mass is 16.2. The normalized spacial score (nSPS) is 16.9. The highest BCUT2D eigenvalue weighted by Gasteiger charge is 2.23. The summed E-state index contributed by atoms with van der Waals surface area (Å²) in [5, 5.41) is 0. The lowest BCUT2D eigenvalue weighted by Gasteiger charge is -2.30. The minimum absolute atomic E-state index is 0.0339. The minimum atomic E-state index is -0.539. The van der Waals surface area contributed by atoms with Crippen molar-refractivity contribution in [2.24, 2.45) is 13.0 Å². The lowest BCUT2D eigenvalue weighted by molar-refractivity contribution is 0.0694. The second kappa shape index (κ2) is 4.80. The molecule has 0 saturated carbocycles. The number of carbonyl (C=O) groups is 1. The summed E-state index contributed by atoms with van der Waals surface area (Å²) in [6, 6.07) is 0. The van der Waals surface area contributed by atoms with E-state index in [1.165, 1.54) is 13.2 Å². The van der Waals surface area contributed by atoms with Crippen LogP contribution in [0.2, 0.25) is 0 Å². The van der Waals surface area contributed by atoms with Crippen LogP contribution < -0.4 is 11.2 Å². The SMILES string of the molecule is CC1CCN(C(=O)c2c[nH]c(=O)n(C)c2=O)CC1. The smallest absolute Gasteiger partial charge is 0.328 e. The molecule has 1 aliphatic rings. The number of nitrogens with one attached hydrogen (secondary N) is 1. The molecule has 0 bridgehead atoms. The van der Waals surface area contributed by atoms with Gasteiger partial charge in [0.25, 0.3) is 11.5 Å². The number of piperidine rings is 1. The van der Waals surface area contributed by atoms with Gasteiger partial charge >= 0.3 is 5.69 Å². The first-order chi connectivity index (χ1) is 8.50. The van der Waals surface area contributed by atoms with Gasteiger partial charge in [-0.2, -0.15) is 0 Å². The summed E-state index contributed by atoms with van der Waals surface area (Å²) in [6.45, 7) is 3.49. The zero-order valence-corrected chi connectivity index (χ0v) is 10.6. The monoisotopic (exact) mass is 251 g/mol. The number of H-pyrrole nitrogens is 1. The lowest BCUT2D eigenvalue weighted by atomic mass is 9.99. The molecule has 1 aliphatic heterocycles. The maximum atomic E-state index is 12.2. The van der Waals surface area contributed by atoms with Gasteiger partial charge in [-0.1, -0.05) is 6.92 Å². The Bertz CT molecular complexity index is 565. The Labute approximate surface area is 104 Å². The van der Waals surface area contributed by atoms with Crippen LogP contribution in [0.15, 0.2) is 15.8 Å². The number of amides is 1. The number of likely N-dealkylation sites (tertiary alicyclic amines) is 1. The van der Waals surface area contributed by atoms with Crippen molar-refractivity contribution >= 4 is 5.91 Å². The number of hydrogen-bond donors (Lipinski definition) is 1. The van der Waals surface area contributed by atoms with E-state index in [2.05, 4.69) is 11.9 Å². The third-order valence-corrected chi connectivity index (χ3v) is 3.48. The summed E-state index contributed by atoms with van der Waals surface area (Å²) in [6.07, 6.45) is 3.12. The largest absolute Gasteiger partial charge is 0.338 e. The minimum Gasteiger partial charge on any atom is -0.338 e. The maximum Gasteiger partial charge on any atom is 0.328 e. The average Bonchev–Trinajstić information content (AvgIpc) is 2.36. The van der Waals surface area contributed by atoms with E-state index >= 15 is 0 Å². The van der Waals surface area contributed by atoms with E-state index in [1.807, 2.05) is 0 Å². The fourth-order valence-electron chi connectivity index (χ4n) is 2.10. The van der Waals surface area contributed by atoms with Crippen molar-refractivity contribution in [3.63, 3.8) is 0 Å². The second-order valence-corrected chi connectivity index (χ2v) is 4.85. The molecular weight excluding hydrogens is 234 g/mol. The number of nitrogens with zero attached hydrogens (tertiary/aromatic N) is 2. The van der Waals surface area contributed by atoms with Gasteiger partial charge in [-0.15, -0.1) is 0 Å². The quantitative estimate of drug-likeness (QED) is 0.760. The predicted molar refractivity (Wildman–Crippen MR) is 66.6 cm³/mol. The number of aromatic amines is 1. The molecule has 0 spiro atoms. The standard InChI is InChI=1S/C12H17N3O3/c1-8-3-5-15(6-4-8)11(17)9-7-13-12(18)14(2)10(9)16/h7-8H,3-6H2,1-2H3,(H,13,18). The van der Waals surface area contributed by atoms with E-state index in [-0.39, 0.29) is 11.5 Å². The van der Waals surface area contributed by atoms with Gasteiger partial charge in [-0.05, 0) is 18.8 Å². The Morgan fingerprint density at radius 2 is 1.94 bits per heavy atom. The molecule has 1 saturated heterocycles. The van der Waals surface area contributed by atoms with Crippen LogP contribution in [0.1, 0.15) is 30.1 Å². The van der Waals surface area contributed by atoms with Gasteiger partial charge in [0.1, 0.15) is 5.56 Å². The van der Waals surface area contributed by atoms with Gasteiger partial charge in [0.15, 0.2) is 0 Å². The summed E-state index contributed by atoms with van der Waals surface area (Å²) in [5.74, 6) is 0.325. The van der Waals surface area contributed by atoms with Gasteiger partial charge in [0.2, 0.25) is 0 Å². The van der Waals surface area contributed by atoms with Crippen LogP contribution in [0.5, 0.6) is 0 Å². The van der Waals surface area contributed by atoms with Crippen LogP contribution in [-0.4, -0.2) is 33.4 Å². The molecule has 1 aromatic heterocycles. The lowest BCUT2D eigenvalue weighted by Crippen LogP contribution is -2.43. The Morgan fingerprint density at radius 1 is 1.33 bits per heavy atom. The third kappa shape index (κ3) is 2.23. The van der Waals surface area contributed by atoms with E-state index in [0.717, 1.165) is 17.4 Å². The van der Waals surface area contributed by atoms with Gasteiger partial charge in [0, 0.05) is 26.3 Å². The summed E-state index contributed by atoms with van der Waals surface area (Å²) in [5.41, 5.74) is -1.02. The molecule has 0 aliphatic carbocycles. The third-order valence-electron chi connectivity index (χ3n) is 3.48. The van der Waals surface area contributed by atoms with Crippen molar-refractivity contribution in [3.8, 4) is 0 Å². The number of hydrogen-bond acceptors (Lipinski definition) is 3. The highest BCUT2D eigenvalue weighted by Crippen LogP contribution is 2.16. The first-order valence-electron chi connectivity index (χ1n) is 6.08. The summed E-state index contributed by atoms with van der Waals surface area (Å²) in [7, 11) is 1.36. The molecule has 6 heteroatoms. The topological polar surface area (TPSA) is 75.2 Å². The zero-order valence-electron chi connectivity index (χ0n) is 10.6. The number of carbonyl (C=O) groups excluding carboxylic acids is 1. The number of aromatic nitrogens is 2. The second-order valence-electron chi connectivity index (χ2n) is 4.85. The van der Waals surface area contributed by atoms with Crippen LogP contribution >= 0.6 is 0 Å². The molecule has 2 rings (SSSR count). The molecule has 2 heterocycles. The Kier molecular flexibility index (Phi) is 3.36. The Morgan fingerprint density at radius 3 is 2.56 bits per heavy atom. The molecule has 1 N–H and O–H groups in total. The van der Waals surface area contributed by atoms with E-state index in [1.54, 1.807) is 4.90 Å². The summed E-state index contributed by atoms with van der Waals surface area (Å²) in [4.78, 5) is 39.3. The molecule has 6 nitrogen and oxygen atoms in total. The van der Waals surface area contributed by atoms with Crippen molar-refractivity contribution in [2.75, 3.05) is 13.1 Å². The molecule has 1 aromatic rings. The summed E-state index contributed by atoms with van der Waals surface area (Å²) >= 11 is 0. The van der Waals surface area contributed by atoms with Crippen LogP contribution in [0, 0.1) is 5.92 Å². The summed E-state index contributed by atoms with van der Waals surface area (Å²) < 4.78 is 0.916. The van der Waals surface area contributed by atoms with Gasteiger partial charge in [0.05, 0.1) is 0 Å². The highest BCUT2D eigenvalue weighted by molar-refractivity contribution is 5.93. The van der Waals surface area contributed by atoms with Crippen molar-refractivity contribution in [1.29, 1.82) is 0 Å². The Balaban J connectivity index is 2.27. The fraction of sp³-hybridized carbons (Fsp3) is 0.583. The van der Waals surface area contributed by atoms with Gasteiger partial charge < -0.3 is 9.88 Å². The van der Waals surface area contributed by atoms with Crippen LogP contribution in [0.25, 0.3) is 0 Å². The van der Waals surface area contributed by atoms with Crippen LogP contribution in [0.4, 0.5) is 0 Å². The molecule has 1 amide bonds. The maximum absolute atomic E-state index is 12.2. The molecule has 0 aromatic carbocycles. The predicted octanol–water partition coefficient (Wildman–Crippen LogP) is -0.0543. The first-order valence-corrected chi connectivity index (χ1v) is 6.08. The molecule has 98 valence electrons. The van der Waals surface area contributed by atoms with E-state index in [9.17, 15) is 14.4 Å². The molecule has 18 heavy (non-hydrogen) atoms. The fourth-order valence-corrected chi connectivity index (χ4v) is 2.10. The van der Waals surface area contributed by atoms with Crippen LogP contribution in [-0.2, 0) is 7.05 Å². The molecule has 0 radical (unpaired) electrons. The van der Waals surface area contributed by atoms with Gasteiger partial charge in [-0.3, -0.25) is 14.2 Å². The molecule has 0 unspecified atom stereocenters. The van der Waals surface area contributed by atoms with Crippen molar-refractivity contribution in [2.45, 2.75) is 19.8 Å². The zero-order chi connectivity index (χ0) is 13.3. The van der Waals surface area contributed by atoms with Gasteiger partial charge in [-0.25, -0.2) is 4.79 Å². The van der Waals surface area contributed by atoms with Crippen molar-refractivity contribution in [3.05, 3.63) is 32.6 Å². The van der Waals surface area contributed by atoms with E-state index in [0.29, 0.717) is 19.0 Å². The molecular formula is C12H17N3O3. The molecule has 1 fully saturated rings. The van der Waals surface area contributed by atoms with Crippen molar-refractivity contribution < 1.29 is 4.79 Å². The molecule has 0 atom stereocenters. The van der Waals surface area contributed by atoms with Crippen LogP contribution in [0.3, 0.4) is 0 Å². The Hall–Kier alpha value is -1.85. The average molecular weight is 251 g/mol. The van der Waals surface area contributed by atoms with E-state index < -0.39 is 11.2 Å². The first kappa shape index (κ1) is 12.6.